The van der Waals surface area contributed by atoms with Crippen LogP contribution in [0.25, 0.3) is 10.9 Å². The molecule has 6 nitrogen and oxygen atoms in total. The number of likely N-dealkylation sites (tertiary alicyclic amines) is 1. The van der Waals surface area contributed by atoms with Gasteiger partial charge in [-0.2, -0.15) is 0 Å². The predicted molar refractivity (Wildman–Crippen MR) is 108 cm³/mol. The van der Waals surface area contributed by atoms with Gasteiger partial charge >= 0.3 is 0 Å². The Bertz CT molecular complexity index is 959. The standard InChI is InChI=1S/C22H27N3O3/c1-23(2)11-17-12-25(13-18(17)15-26)22(27)21-8-7-19(28-21)14-24-10-9-16-5-3-4-6-20(16)24/h3-10,17-18,26H,11-15H2,1-2H3/t17-,18-/m1/s1. The van der Waals surface area contributed by atoms with Crippen LogP contribution in [0.4, 0.5) is 0 Å². The maximum atomic E-state index is 12.9. The minimum atomic E-state index is -0.0941. The molecule has 28 heavy (non-hydrogen) atoms. The van der Waals surface area contributed by atoms with E-state index in [4.69, 9.17) is 4.42 Å². The first kappa shape index (κ1) is 18.8. The molecule has 0 radical (unpaired) electrons. The quantitative estimate of drug-likeness (QED) is 0.713. The average Bonchev–Trinajstić information content (AvgIpc) is 3.40. The van der Waals surface area contributed by atoms with Gasteiger partial charge in [0.05, 0.1) is 6.54 Å². The summed E-state index contributed by atoms with van der Waals surface area (Å²) in [4.78, 5) is 16.8. The number of aliphatic hydroxyl groups is 1. The van der Waals surface area contributed by atoms with Crippen LogP contribution >= 0.6 is 0 Å². The fourth-order valence-corrected chi connectivity index (χ4v) is 4.17. The molecule has 2 aromatic heterocycles. The third kappa shape index (κ3) is 3.70. The van der Waals surface area contributed by atoms with Crippen LogP contribution in [-0.4, -0.2) is 65.7 Å². The SMILES string of the molecule is CN(C)C[C@@H]1CN(C(=O)c2ccc(Cn3ccc4ccccc43)o2)C[C@@H]1CO. The Balaban J connectivity index is 1.46. The second-order valence-corrected chi connectivity index (χ2v) is 7.94. The molecule has 0 bridgehead atoms. The number of carbonyl (C=O) groups is 1. The van der Waals surface area contributed by atoms with Crippen LogP contribution in [0.1, 0.15) is 16.3 Å². The van der Waals surface area contributed by atoms with Crippen molar-refractivity contribution in [1.82, 2.24) is 14.4 Å². The minimum Gasteiger partial charge on any atom is -0.454 e. The van der Waals surface area contributed by atoms with Crippen LogP contribution in [0.2, 0.25) is 0 Å². The van der Waals surface area contributed by atoms with Gasteiger partial charge in [0.2, 0.25) is 0 Å². The van der Waals surface area contributed by atoms with E-state index in [1.807, 2.05) is 43.4 Å². The third-order valence-electron chi connectivity index (χ3n) is 5.58. The zero-order valence-electron chi connectivity index (χ0n) is 16.4. The van der Waals surface area contributed by atoms with Crippen molar-refractivity contribution < 1.29 is 14.3 Å². The Kier molecular flexibility index (Phi) is 5.24. The molecule has 2 atom stereocenters. The van der Waals surface area contributed by atoms with Crippen LogP contribution in [0.3, 0.4) is 0 Å². The summed E-state index contributed by atoms with van der Waals surface area (Å²) in [6, 6.07) is 13.9. The number of amides is 1. The number of hydrogen-bond donors (Lipinski definition) is 1. The Morgan fingerprint density at radius 1 is 1.14 bits per heavy atom. The molecule has 6 heteroatoms. The smallest absolute Gasteiger partial charge is 0.289 e. The lowest BCUT2D eigenvalue weighted by Gasteiger charge is -2.20. The lowest BCUT2D eigenvalue weighted by atomic mass is 9.97. The Hall–Kier alpha value is -2.57. The van der Waals surface area contributed by atoms with E-state index in [0.29, 0.717) is 25.4 Å². The monoisotopic (exact) mass is 381 g/mol. The van der Waals surface area contributed by atoms with Crippen molar-refractivity contribution >= 4 is 16.8 Å². The molecule has 148 valence electrons. The van der Waals surface area contributed by atoms with Crippen molar-refractivity contribution in [2.45, 2.75) is 6.54 Å². The minimum absolute atomic E-state index is 0.0941. The highest BCUT2D eigenvalue weighted by Crippen LogP contribution is 2.26. The molecule has 4 rings (SSSR count). The Labute approximate surface area is 165 Å². The summed E-state index contributed by atoms with van der Waals surface area (Å²) >= 11 is 0. The number of rotatable bonds is 6. The van der Waals surface area contributed by atoms with E-state index in [-0.39, 0.29) is 24.3 Å². The first-order chi connectivity index (χ1) is 13.5. The van der Waals surface area contributed by atoms with Gasteiger partial charge in [-0.25, -0.2) is 0 Å². The maximum Gasteiger partial charge on any atom is 0.289 e. The van der Waals surface area contributed by atoms with Crippen molar-refractivity contribution in [3.8, 4) is 0 Å². The van der Waals surface area contributed by atoms with Gasteiger partial charge in [-0.1, -0.05) is 18.2 Å². The summed E-state index contributed by atoms with van der Waals surface area (Å²) in [6.45, 7) is 2.78. The molecule has 1 aliphatic heterocycles. The van der Waals surface area contributed by atoms with Crippen LogP contribution < -0.4 is 0 Å². The Morgan fingerprint density at radius 3 is 2.71 bits per heavy atom. The number of fused-ring (bicyclic) bond motifs is 1. The van der Waals surface area contributed by atoms with Crippen LogP contribution in [0.5, 0.6) is 0 Å². The van der Waals surface area contributed by atoms with Crippen molar-refractivity contribution in [3.05, 3.63) is 60.2 Å². The van der Waals surface area contributed by atoms with E-state index in [9.17, 15) is 9.90 Å². The van der Waals surface area contributed by atoms with Gasteiger partial charge < -0.3 is 23.9 Å². The number of aliphatic hydroxyl groups excluding tert-OH is 1. The summed E-state index contributed by atoms with van der Waals surface area (Å²) < 4.78 is 8.00. The van der Waals surface area contributed by atoms with E-state index in [0.717, 1.165) is 17.8 Å². The molecule has 1 aromatic carbocycles. The van der Waals surface area contributed by atoms with E-state index in [1.165, 1.54) is 5.39 Å². The number of nitrogens with zero attached hydrogens (tertiary/aromatic N) is 3. The van der Waals surface area contributed by atoms with Gasteiger partial charge in [0, 0.05) is 43.9 Å². The lowest BCUT2D eigenvalue weighted by Crippen LogP contribution is -2.30. The lowest BCUT2D eigenvalue weighted by molar-refractivity contribution is 0.0746. The van der Waals surface area contributed by atoms with Crippen molar-refractivity contribution in [3.63, 3.8) is 0 Å². The highest BCUT2D eigenvalue weighted by molar-refractivity contribution is 5.91. The number of carbonyl (C=O) groups excluding carboxylic acids is 1. The average molecular weight is 381 g/mol. The zero-order chi connectivity index (χ0) is 19.7. The maximum absolute atomic E-state index is 12.9. The zero-order valence-corrected chi connectivity index (χ0v) is 16.4. The summed E-state index contributed by atoms with van der Waals surface area (Å²) in [5.41, 5.74) is 1.14. The van der Waals surface area contributed by atoms with E-state index in [1.54, 1.807) is 6.07 Å². The Morgan fingerprint density at radius 2 is 1.93 bits per heavy atom. The first-order valence-corrected chi connectivity index (χ1v) is 9.72. The molecule has 1 amide bonds. The highest BCUT2D eigenvalue weighted by Gasteiger charge is 2.36. The fraction of sp³-hybridized carbons (Fsp3) is 0.409. The van der Waals surface area contributed by atoms with E-state index in [2.05, 4.69) is 27.7 Å². The largest absolute Gasteiger partial charge is 0.454 e. The summed E-state index contributed by atoms with van der Waals surface area (Å²) in [5, 5.41) is 10.9. The summed E-state index contributed by atoms with van der Waals surface area (Å²) in [6.07, 6.45) is 2.03. The van der Waals surface area contributed by atoms with Gasteiger partial charge in [0.1, 0.15) is 5.76 Å². The number of furan rings is 1. The topological polar surface area (TPSA) is 61.9 Å². The van der Waals surface area contributed by atoms with E-state index >= 15 is 0 Å². The van der Waals surface area contributed by atoms with E-state index < -0.39 is 0 Å². The molecule has 0 spiro atoms. The number of hydrogen-bond acceptors (Lipinski definition) is 4. The van der Waals surface area contributed by atoms with Gasteiger partial charge in [0.25, 0.3) is 5.91 Å². The van der Waals surface area contributed by atoms with Crippen molar-refractivity contribution in [2.24, 2.45) is 11.8 Å². The van der Waals surface area contributed by atoms with Crippen LogP contribution in [-0.2, 0) is 6.54 Å². The molecule has 0 saturated carbocycles. The van der Waals surface area contributed by atoms with Crippen molar-refractivity contribution in [1.29, 1.82) is 0 Å². The summed E-state index contributed by atoms with van der Waals surface area (Å²) in [5.74, 6) is 1.43. The first-order valence-electron chi connectivity index (χ1n) is 9.72. The van der Waals surface area contributed by atoms with Gasteiger partial charge in [-0.05, 0) is 49.7 Å². The molecule has 1 saturated heterocycles. The molecule has 1 N–H and O–H groups in total. The highest BCUT2D eigenvalue weighted by atomic mass is 16.4. The third-order valence-corrected chi connectivity index (χ3v) is 5.58. The fourth-order valence-electron chi connectivity index (χ4n) is 4.17. The van der Waals surface area contributed by atoms with Gasteiger partial charge in [-0.3, -0.25) is 4.79 Å². The molecule has 1 fully saturated rings. The molecule has 0 unspecified atom stereocenters. The predicted octanol–water partition coefficient (Wildman–Crippen LogP) is 2.52. The molecular weight excluding hydrogens is 354 g/mol. The molecule has 0 aliphatic carbocycles. The normalized spacial score (nSPS) is 19.8. The van der Waals surface area contributed by atoms with Crippen LogP contribution in [0.15, 0.2) is 53.1 Å². The number of aromatic nitrogens is 1. The molecule has 3 aromatic rings. The second kappa shape index (κ2) is 7.81. The summed E-state index contributed by atoms with van der Waals surface area (Å²) in [7, 11) is 4.03. The van der Waals surface area contributed by atoms with Crippen LogP contribution in [0, 0.1) is 11.8 Å². The molecule has 3 heterocycles. The number of para-hydroxylation sites is 1. The number of benzene rings is 1. The van der Waals surface area contributed by atoms with Gasteiger partial charge in [0.15, 0.2) is 5.76 Å². The second-order valence-electron chi connectivity index (χ2n) is 7.94. The van der Waals surface area contributed by atoms with Gasteiger partial charge in [-0.15, -0.1) is 0 Å². The molecular formula is C22H27N3O3. The molecule has 1 aliphatic rings. The van der Waals surface area contributed by atoms with Crippen molar-refractivity contribution in [2.75, 3.05) is 40.3 Å².